The van der Waals surface area contributed by atoms with E-state index < -0.39 is 0 Å². The van der Waals surface area contributed by atoms with E-state index in [4.69, 9.17) is 0 Å². The van der Waals surface area contributed by atoms with Crippen molar-refractivity contribution in [3.8, 4) is 0 Å². The van der Waals surface area contributed by atoms with E-state index >= 15 is 0 Å². The Balaban J connectivity index is 2.06. The van der Waals surface area contributed by atoms with Crippen molar-refractivity contribution in [1.82, 2.24) is 10.2 Å². The van der Waals surface area contributed by atoms with Gasteiger partial charge in [0, 0.05) is 19.1 Å². The molecule has 1 aromatic carbocycles. The highest BCUT2D eigenvalue weighted by Gasteiger charge is 2.20. The van der Waals surface area contributed by atoms with Gasteiger partial charge >= 0.3 is 0 Å². The summed E-state index contributed by atoms with van der Waals surface area (Å²) < 4.78 is 13.2. The zero-order chi connectivity index (χ0) is 13.7. The van der Waals surface area contributed by atoms with Gasteiger partial charge in [-0.05, 0) is 62.5 Å². The number of piperidine rings is 1. The molecule has 1 aliphatic rings. The highest BCUT2D eigenvalue weighted by Crippen LogP contribution is 2.18. The van der Waals surface area contributed by atoms with Crippen molar-refractivity contribution >= 4 is 0 Å². The normalized spacial score (nSPS) is 19.9. The van der Waals surface area contributed by atoms with Crippen LogP contribution in [0.25, 0.3) is 0 Å². The van der Waals surface area contributed by atoms with Crippen LogP contribution in [0.2, 0.25) is 0 Å². The summed E-state index contributed by atoms with van der Waals surface area (Å²) in [5.41, 5.74) is 2.31. The number of nitrogens with zero attached hydrogens (tertiary/aromatic N) is 1. The van der Waals surface area contributed by atoms with Crippen molar-refractivity contribution in [3.63, 3.8) is 0 Å². The Morgan fingerprint density at radius 1 is 1.42 bits per heavy atom. The molecule has 19 heavy (non-hydrogen) atoms. The number of hydrogen-bond acceptors (Lipinski definition) is 2. The summed E-state index contributed by atoms with van der Waals surface area (Å²) >= 11 is 0. The Morgan fingerprint density at radius 2 is 2.26 bits per heavy atom. The third kappa shape index (κ3) is 4.02. The Kier molecular flexibility index (Phi) is 5.34. The Morgan fingerprint density at radius 3 is 2.89 bits per heavy atom. The number of benzene rings is 1. The van der Waals surface area contributed by atoms with Crippen molar-refractivity contribution in [3.05, 3.63) is 35.1 Å². The molecule has 1 unspecified atom stereocenters. The summed E-state index contributed by atoms with van der Waals surface area (Å²) in [4.78, 5) is 2.55. The lowest BCUT2D eigenvalue weighted by Crippen LogP contribution is -2.46. The highest BCUT2D eigenvalue weighted by molar-refractivity contribution is 5.26. The van der Waals surface area contributed by atoms with Crippen LogP contribution in [0.3, 0.4) is 0 Å². The van der Waals surface area contributed by atoms with Crippen LogP contribution in [0.4, 0.5) is 4.39 Å². The van der Waals surface area contributed by atoms with Gasteiger partial charge in [-0.2, -0.15) is 0 Å². The number of halogens is 1. The summed E-state index contributed by atoms with van der Waals surface area (Å²) in [5, 5.41) is 3.48. The average molecular weight is 264 g/mol. The third-order valence-electron chi connectivity index (χ3n) is 3.98. The van der Waals surface area contributed by atoms with Crippen LogP contribution in [-0.4, -0.2) is 30.6 Å². The molecule has 0 amide bonds. The second kappa shape index (κ2) is 7.01. The zero-order valence-electron chi connectivity index (χ0n) is 12.1. The quantitative estimate of drug-likeness (QED) is 0.879. The first-order chi connectivity index (χ1) is 9.20. The van der Waals surface area contributed by atoms with Crippen molar-refractivity contribution < 1.29 is 4.39 Å². The summed E-state index contributed by atoms with van der Waals surface area (Å²) in [5.74, 6) is -0.136. The maximum absolute atomic E-state index is 13.2. The molecule has 1 N–H and O–H groups in total. The minimum Gasteiger partial charge on any atom is -0.315 e. The van der Waals surface area contributed by atoms with E-state index in [1.165, 1.54) is 18.4 Å². The van der Waals surface area contributed by atoms with Crippen LogP contribution >= 0.6 is 0 Å². The number of aryl methyl sites for hydroxylation is 1. The van der Waals surface area contributed by atoms with E-state index in [0.717, 1.165) is 38.2 Å². The Hall–Kier alpha value is -0.930. The fraction of sp³-hybridized carbons (Fsp3) is 0.625. The van der Waals surface area contributed by atoms with E-state index in [9.17, 15) is 4.39 Å². The van der Waals surface area contributed by atoms with Crippen molar-refractivity contribution in [1.29, 1.82) is 0 Å². The predicted molar refractivity (Wildman–Crippen MR) is 77.7 cm³/mol. The summed E-state index contributed by atoms with van der Waals surface area (Å²) in [6.07, 6.45) is 3.69. The smallest absolute Gasteiger partial charge is 0.123 e. The molecule has 0 saturated carbocycles. The molecule has 2 nitrogen and oxygen atoms in total. The minimum absolute atomic E-state index is 0.136. The fourth-order valence-electron chi connectivity index (χ4n) is 2.88. The minimum atomic E-state index is -0.136. The van der Waals surface area contributed by atoms with Crippen LogP contribution in [0.15, 0.2) is 18.2 Å². The van der Waals surface area contributed by atoms with Gasteiger partial charge in [0.05, 0.1) is 0 Å². The lowest BCUT2D eigenvalue weighted by molar-refractivity contribution is 0.157. The molecule has 0 aliphatic carbocycles. The molecule has 1 saturated heterocycles. The van der Waals surface area contributed by atoms with Crippen molar-refractivity contribution in [2.45, 2.75) is 45.7 Å². The van der Waals surface area contributed by atoms with Crippen LogP contribution in [-0.2, 0) is 6.54 Å². The van der Waals surface area contributed by atoms with Gasteiger partial charge in [0.25, 0.3) is 0 Å². The molecule has 0 radical (unpaired) electrons. The van der Waals surface area contributed by atoms with Crippen LogP contribution in [0.1, 0.15) is 37.3 Å². The highest BCUT2D eigenvalue weighted by atomic mass is 19.1. The molecular weight excluding hydrogens is 239 g/mol. The van der Waals surface area contributed by atoms with Gasteiger partial charge < -0.3 is 5.32 Å². The summed E-state index contributed by atoms with van der Waals surface area (Å²) in [7, 11) is 0. The number of rotatable bonds is 5. The van der Waals surface area contributed by atoms with E-state index in [2.05, 4.69) is 17.1 Å². The molecule has 1 fully saturated rings. The van der Waals surface area contributed by atoms with E-state index in [0.29, 0.717) is 6.04 Å². The second-order valence-electron chi connectivity index (χ2n) is 5.54. The van der Waals surface area contributed by atoms with E-state index in [-0.39, 0.29) is 5.82 Å². The lowest BCUT2D eigenvalue weighted by atomic mass is 10.0. The maximum Gasteiger partial charge on any atom is 0.123 e. The summed E-state index contributed by atoms with van der Waals surface area (Å²) in [6.45, 7) is 8.50. The second-order valence-corrected chi connectivity index (χ2v) is 5.54. The first-order valence-corrected chi connectivity index (χ1v) is 7.40. The molecule has 106 valence electrons. The largest absolute Gasteiger partial charge is 0.315 e. The average Bonchev–Trinajstić information content (AvgIpc) is 2.42. The molecule has 0 aromatic heterocycles. The molecule has 3 heteroatoms. The van der Waals surface area contributed by atoms with Gasteiger partial charge in [-0.1, -0.05) is 13.0 Å². The topological polar surface area (TPSA) is 15.3 Å². The van der Waals surface area contributed by atoms with Gasteiger partial charge in [0.15, 0.2) is 0 Å². The van der Waals surface area contributed by atoms with Crippen LogP contribution in [0.5, 0.6) is 0 Å². The monoisotopic (exact) mass is 264 g/mol. The molecule has 1 aliphatic heterocycles. The first kappa shape index (κ1) is 14.5. The van der Waals surface area contributed by atoms with E-state index in [1.807, 2.05) is 13.0 Å². The molecular formula is C16H25FN2. The van der Waals surface area contributed by atoms with Gasteiger partial charge in [0.2, 0.25) is 0 Å². The van der Waals surface area contributed by atoms with E-state index in [1.54, 1.807) is 12.1 Å². The number of hydrogen-bond donors (Lipinski definition) is 1. The number of nitrogens with one attached hydrogen (secondary N) is 1. The standard InChI is InChI=1S/C16H25FN2/c1-3-9-19(16-5-4-8-18-11-16)12-14-6-7-15(17)10-13(14)2/h6-7,10,16,18H,3-5,8-9,11-12H2,1-2H3. The van der Waals surface area contributed by atoms with Crippen LogP contribution in [0, 0.1) is 12.7 Å². The molecule has 2 rings (SSSR count). The van der Waals surface area contributed by atoms with Gasteiger partial charge in [-0.25, -0.2) is 4.39 Å². The maximum atomic E-state index is 13.2. The first-order valence-electron chi connectivity index (χ1n) is 7.40. The molecule has 0 spiro atoms. The van der Waals surface area contributed by atoms with Crippen molar-refractivity contribution in [2.24, 2.45) is 0 Å². The Labute approximate surface area is 116 Å². The Bertz CT molecular complexity index is 400. The fourth-order valence-corrected chi connectivity index (χ4v) is 2.88. The zero-order valence-corrected chi connectivity index (χ0v) is 12.1. The molecule has 1 atom stereocenters. The van der Waals surface area contributed by atoms with Gasteiger partial charge in [-0.3, -0.25) is 4.90 Å². The van der Waals surface area contributed by atoms with Gasteiger partial charge in [0.1, 0.15) is 5.82 Å². The molecule has 1 heterocycles. The van der Waals surface area contributed by atoms with Crippen LogP contribution < -0.4 is 5.32 Å². The third-order valence-corrected chi connectivity index (χ3v) is 3.98. The summed E-state index contributed by atoms with van der Waals surface area (Å²) in [6, 6.07) is 5.77. The molecule has 0 bridgehead atoms. The lowest BCUT2D eigenvalue weighted by Gasteiger charge is -2.35. The SMILES string of the molecule is CCCN(Cc1ccc(F)cc1C)C1CCCNC1. The predicted octanol–water partition coefficient (Wildman–Crippen LogP) is 3.10. The van der Waals surface area contributed by atoms with Crippen molar-refractivity contribution in [2.75, 3.05) is 19.6 Å². The molecule has 1 aromatic rings. The van der Waals surface area contributed by atoms with Gasteiger partial charge in [-0.15, -0.1) is 0 Å².